The van der Waals surface area contributed by atoms with Crippen LogP contribution in [0.15, 0.2) is 30.7 Å². The van der Waals surface area contributed by atoms with E-state index >= 15 is 0 Å². The SMILES string of the molecule is Cc1cc(F)ccc1Cn1cnc(CNC2CC2)c1. The molecule has 1 aromatic carbocycles. The third-order valence-corrected chi connectivity index (χ3v) is 3.49. The van der Waals surface area contributed by atoms with Gasteiger partial charge in [0, 0.05) is 25.3 Å². The Morgan fingerprint density at radius 3 is 3.00 bits per heavy atom. The third-order valence-electron chi connectivity index (χ3n) is 3.49. The van der Waals surface area contributed by atoms with E-state index in [1.807, 2.05) is 23.9 Å². The molecule has 4 heteroatoms. The summed E-state index contributed by atoms with van der Waals surface area (Å²) in [5.74, 6) is -0.179. The zero-order valence-electron chi connectivity index (χ0n) is 11.1. The van der Waals surface area contributed by atoms with E-state index in [4.69, 9.17) is 0 Å². The topological polar surface area (TPSA) is 29.9 Å². The first-order chi connectivity index (χ1) is 9.20. The number of halogens is 1. The normalized spacial score (nSPS) is 14.8. The fraction of sp³-hybridized carbons (Fsp3) is 0.400. The number of aryl methyl sites for hydroxylation is 1. The van der Waals surface area contributed by atoms with Gasteiger partial charge in [-0.2, -0.15) is 0 Å². The van der Waals surface area contributed by atoms with E-state index in [1.165, 1.54) is 18.9 Å². The molecule has 0 atom stereocenters. The van der Waals surface area contributed by atoms with Crippen LogP contribution in [0.2, 0.25) is 0 Å². The van der Waals surface area contributed by atoms with Crippen molar-refractivity contribution in [3.63, 3.8) is 0 Å². The highest BCUT2D eigenvalue weighted by Crippen LogP contribution is 2.19. The summed E-state index contributed by atoms with van der Waals surface area (Å²) in [6, 6.07) is 5.62. The lowest BCUT2D eigenvalue weighted by atomic mass is 10.1. The van der Waals surface area contributed by atoms with Gasteiger partial charge in [-0.05, 0) is 43.0 Å². The van der Waals surface area contributed by atoms with Crippen molar-refractivity contribution in [3.05, 3.63) is 53.4 Å². The Kier molecular flexibility index (Phi) is 3.34. The molecule has 0 bridgehead atoms. The van der Waals surface area contributed by atoms with E-state index < -0.39 is 0 Å². The minimum Gasteiger partial charge on any atom is -0.333 e. The lowest BCUT2D eigenvalue weighted by Crippen LogP contribution is -2.15. The fourth-order valence-corrected chi connectivity index (χ4v) is 2.15. The first-order valence-electron chi connectivity index (χ1n) is 6.70. The summed E-state index contributed by atoms with van der Waals surface area (Å²) < 4.78 is 15.1. The maximum absolute atomic E-state index is 13.0. The maximum atomic E-state index is 13.0. The highest BCUT2D eigenvalue weighted by Gasteiger charge is 2.20. The second-order valence-electron chi connectivity index (χ2n) is 5.26. The summed E-state index contributed by atoms with van der Waals surface area (Å²) in [6.07, 6.45) is 6.47. The largest absolute Gasteiger partial charge is 0.333 e. The molecule has 0 amide bonds. The third kappa shape index (κ3) is 3.20. The van der Waals surface area contributed by atoms with Gasteiger partial charge < -0.3 is 9.88 Å². The Morgan fingerprint density at radius 1 is 1.42 bits per heavy atom. The Balaban J connectivity index is 1.65. The van der Waals surface area contributed by atoms with Crippen LogP contribution in [0.25, 0.3) is 0 Å². The molecule has 1 heterocycles. The minimum atomic E-state index is -0.179. The van der Waals surface area contributed by atoms with E-state index in [-0.39, 0.29) is 5.82 Å². The lowest BCUT2D eigenvalue weighted by molar-refractivity contribution is 0.624. The number of rotatable bonds is 5. The van der Waals surface area contributed by atoms with Crippen LogP contribution in [-0.4, -0.2) is 15.6 Å². The number of aromatic nitrogens is 2. The predicted molar refractivity (Wildman–Crippen MR) is 72.3 cm³/mol. The van der Waals surface area contributed by atoms with Gasteiger partial charge >= 0.3 is 0 Å². The van der Waals surface area contributed by atoms with Crippen molar-refractivity contribution in [2.45, 2.75) is 38.9 Å². The second kappa shape index (κ2) is 5.13. The van der Waals surface area contributed by atoms with E-state index in [0.29, 0.717) is 6.04 Å². The standard InChI is InChI=1S/C15H18FN3/c1-11-6-13(16)3-2-12(11)8-19-9-15(18-10-19)7-17-14-4-5-14/h2-3,6,9-10,14,17H,4-5,7-8H2,1H3. The van der Waals surface area contributed by atoms with Gasteiger partial charge in [-0.15, -0.1) is 0 Å². The maximum Gasteiger partial charge on any atom is 0.123 e. The Morgan fingerprint density at radius 2 is 2.26 bits per heavy atom. The van der Waals surface area contributed by atoms with Crippen LogP contribution in [0.1, 0.15) is 29.7 Å². The van der Waals surface area contributed by atoms with Crippen LogP contribution >= 0.6 is 0 Å². The van der Waals surface area contributed by atoms with E-state index in [9.17, 15) is 4.39 Å². The van der Waals surface area contributed by atoms with Crippen LogP contribution in [0, 0.1) is 12.7 Å². The van der Waals surface area contributed by atoms with Gasteiger partial charge in [0.05, 0.1) is 12.0 Å². The smallest absolute Gasteiger partial charge is 0.123 e. The molecule has 0 spiro atoms. The molecule has 19 heavy (non-hydrogen) atoms. The van der Waals surface area contributed by atoms with Gasteiger partial charge in [0.15, 0.2) is 0 Å². The molecule has 1 aliphatic carbocycles. The summed E-state index contributed by atoms with van der Waals surface area (Å²) in [7, 11) is 0. The van der Waals surface area contributed by atoms with E-state index in [0.717, 1.165) is 29.9 Å². The highest BCUT2D eigenvalue weighted by molar-refractivity contribution is 5.26. The van der Waals surface area contributed by atoms with Gasteiger partial charge in [-0.3, -0.25) is 0 Å². The van der Waals surface area contributed by atoms with Crippen LogP contribution in [0.3, 0.4) is 0 Å². The number of imidazole rings is 1. The van der Waals surface area contributed by atoms with Crippen molar-refractivity contribution in [1.82, 2.24) is 14.9 Å². The average Bonchev–Trinajstić information content (AvgIpc) is 3.10. The Bertz CT molecular complexity index is 573. The summed E-state index contributed by atoms with van der Waals surface area (Å²) in [4.78, 5) is 4.39. The molecule has 3 rings (SSSR count). The van der Waals surface area contributed by atoms with Crippen LogP contribution in [-0.2, 0) is 13.1 Å². The molecular formula is C15H18FN3. The van der Waals surface area contributed by atoms with E-state index in [1.54, 1.807) is 6.07 Å². The molecule has 1 fully saturated rings. The molecule has 1 N–H and O–H groups in total. The van der Waals surface area contributed by atoms with Gasteiger partial charge in [0.25, 0.3) is 0 Å². The Labute approximate surface area is 112 Å². The quantitative estimate of drug-likeness (QED) is 0.894. The van der Waals surface area contributed by atoms with Crippen molar-refractivity contribution in [3.8, 4) is 0 Å². The molecule has 0 unspecified atom stereocenters. The monoisotopic (exact) mass is 259 g/mol. The molecule has 1 aliphatic rings. The molecule has 0 radical (unpaired) electrons. The fourth-order valence-electron chi connectivity index (χ4n) is 2.15. The van der Waals surface area contributed by atoms with Crippen molar-refractivity contribution in [1.29, 1.82) is 0 Å². The summed E-state index contributed by atoms with van der Waals surface area (Å²) in [5, 5.41) is 3.44. The number of hydrogen-bond donors (Lipinski definition) is 1. The highest BCUT2D eigenvalue weighted by atomic mass is 19.1. The molecule has 0 aliphatic heterocycles. The van der Waals surface area contributed by atoms with Gasteiger partial charge in [-0.25, -0.2) is 9.37 Å². The van der Waals surface area contributed by atoms with Gasteiger partial charge in [0.1, 0.15) is 5.82 Å². The second-order valence-corrected chi connectivity index (χ2v) is 5.26. The zero-order valence-corrected chi connectivity index (χ0v) is 11.1. The molecule has 3 nitrogen and oxygen atoms in total. The molecule has 1 saturated carbocycles. The van der Waals surface area contributed by atoms with Crippen molar-refractivity contribution in [2.75, 3.05) is 0 Å². The van der Waals surface area contributed by atoms with Crippen LogP contribution < -0.4 is 5.32 Å². The van der Waals surface area contributed by atoms with Crippen LogP contribution in [0.5, 0.6) is 0 Å². The summed E-state index contributed by atoms with van der Waals surface area (Å²) >= 11 is 0. The Hall–Kier alpha value is -1.68. The number of benzene rings is 1. The first-order valence-corrected chi connectivity index (χ1v) is 6.70. The van der Waals surface area contributed by atoms with Crippen LogP contribution in [0.4, 0.5) is 4.39 Å². The number of nitrogens with zero attached hydrogens (tertiary/aromatic N) is 2. The molecule has 100 valence electrons. The lowest BCUT2D eigenvalue weighted by Gasteiger charge is -2.06. The number of nitrogens with one attached hydrogen (secondary N) is 1. The predicted octanol–water partition coefficient (Wildman–Crippen LogP) is 2.63. The summed E-state index contributed by atoms with van der Waals surface area (Å²) in [5.41, 5.74) is 3.17. The minimum absolute atomic E-state index is 0.179. The molecule has 1 aromatic heterocycles. The molecular weight excluding hydrogens is 241 g/mol. The van der Waals surface area contributed by atoms with Crippen molar-refractivity contribution >= 4 is 0 Å². The van der Waals surface area contributed by atoms with Gasteiger partial charge in [-0.1, -0.05) is 6.07 Å². The summed E-state index contributed by atoms with van der Waals surface area (Å²) in [6.45, 7) is 3.51. The van der Waals surface area contributed by atoms with Gasteiger partial charge in [0.2, 0.25) is 0 Å². The zero-order chi connectivity index (χ0) is 13.2. The molecule has 0 saturated heterocycles. The van der Waals surface area contributed by atoms with Crippen molar-refractivity contribution < 1.29 is 4.39 Å². The number of hydrogen-bond acceptors (Lipinski definition) is 2. The van der Waals surface area contributed by atoms with Crippen molar-refractivity contribution in [2.24, 2.45) is 0 Å². The van der Waals surface area contributed by atoms with E-state index in [2.05, 4.69) is 16.5 Å². The average molecular weight is 259 g/mol. The molecule has 2 aromatic rings. The first kappa shape index (κ1) is 12.4.